The van der Waals surface area contributed by atoms with Crippen molar-refractivity contribution in [3.8, 4) is 45.0 Å². The van der Waals surface area contributed by atoms with Gasteiger partial charge in [0.2, 0.25) is 0 Å². The lowest BCUT2D eigenvalue weighted by atomic mass is 9.96. The van der Waals surface area contributed by atoms with Crippen molar-refractivity contribution in [2.45, 2.75) is 0 Å². The number of benzene rings is 4. The van der Waals surface area contributed by atoms with Crippen molar-refractivity contribution >= 4 is 43.6 Å². The van der Waals surface area contributed by atoms with Crippen LogP contribution in [0.4, 0.5) is 0 Å². The third-order valence-electron chi connectivity index (χ3n) is 8.39. The summed E-state index contributed by atoms with van der Waals surface area (Å²) in [5.74, 6) is 0.557. The molecule has 0 aliphatic heterocycles. The van der Waals surface area contributed by atoms with Crippen LogP contribution in [0.5, 0.6) is 0 Å². The molecule has 0 fully saturated rings. The van der Waals surface area contributed by atoms with E-state index < -0.39 is 0 Å². The summed E-state index contributed by atoms with van der Waals surface area (Å²) >= 11 is 0. The van der Waals surface area contributed by atoms with E-state index in [9.17, 15) is 0 Å². The van der Waals surface area contributed by atoms with Crippen LogP contribution in [0.3, 0.4) is 0 Å². The highest BCUT2D eigenvalue weighted by Gasteiger charge is 2.12. The van der Waals surface area contributed by atoms with Gasteiger partial charge in [-0.3, -0.25) is 9.97 Å². The van der Waals surface area contributed by atoms with Crippen LogP contribution in [-0.2, 0) is 0 Å². The fraction of sp³-hybridized carbons (Fsp3) is 0. The molecule has 9 aromatic rings. The van der Waals surface area contributed by atoms with Crippen molar-refractivity contribution in [2.24, 2.45) is 0 Å². The van der Waals surface area contributed by atoms with Gasteiger partial charge in [-0.15, -0.1) is 0 Å². The molecule has 0 saturated heterocycles. The van der Waals surface area contributed by atoms with Crippen LogP contribution in [0.25, 0.3) is 88.6 Å². The molecule has 5 aromatic heterocycles. The number of hydrogen-bond donors (Lipinski definition) is 0. The second kappa shape index (κ2) is 10.6. The average Bonchev–Trinajstić information content (AvgIpc) is 3.14. The molecule has 0 atom stereocenters. The lowest BCUT2D eigenvalue weighted by Crippen LogP contribution is -1.92. The molecule has 5 heterocycles. The standard InChI is InChI=1S/C39H23N7/c1-3-30-20-32(31-4-2-18-42-38(31)37(30)41-17-1)24-5-7-25(8-6-24)33-15-13-29-19-27(12-14-34(29)45-33)28-10-9-26-11-16-35(46-36(26)21-28)39-43-22-40-23-44-39/h1-23H. The predicted octanol–water partition coefficient (Wildman–Crippen LogP) is 8.73. The lowest BCUT2D eigenvalue weighted by Gasteiger charge is -2.11. The van der Waals surface area contributed by atoms with E-state index in [1.807, 2.05) is 36.7 Å². The average molecular weight is 590 g/mol. The van der Waals surface area contributed by atoms with Gasteiger partial charge >= 0.3 is 0 Å². The monoisotopic (exact) mass is 589 g/mol. The van der Waals surface area contributed by atoms with Gasteiger partial charge in [-0.2, -0.15) is 0 Å². The number of fused-ring (bicyclic) bond motifs is 5. The molecule has 0 aliphatic carbocycles. The number of rotatable bonds is 4. The van der Waals surface area contributed by atoms with E-state index in [0.717, 1.165) is 82.8 Å². The Labute approximate surface area is 263 Å². The zero-order chi connectivity index (χ0) is 30.5. The Bertz CT molecular complexity index is 2580. The summed E-state index contributed by atoms with van der Waals surface area (Å²) < 4.78 is 0. The summed E-state index contributed by atoms with van der Waals surface area (Å²) in [5, 5.41) is 4.30. The first-order valence-electron chi connectivity index (χ1n) is 14.9. The molecular formula is C39H23N7. The third-order valence-corrected chi connectivity index (χ3v) is 8.39. The molecule has 0 unspecified atom stereocenters. The van der Waals surface area contributed by atoms with Crippen LogP contribution in [0.2, 0.25) is 0 Å². The molecule has 0 radical (unpaired) electrons. The molecule has 214 valence electrons. The van der Waals surface area contributed by atoms with E-state index in [0.29, 0.717) is 5.82 Å². The van der Waals surface area contributed by atoms with Crippen LogP contribution in [0.1, 0.15) is 0 Å². The summed E-state index contributed by atoms with van der Waals surface area (Å²) in [5.41, 5.74) is 10.8. The minimum Gasteiger partial charge on any atom is -0.254 e. The van der Waals surface area contributed by atoms with Gasteiger partial charge in [0.05, 0.1) is 27.8 Å². The van der Waals surface area contributed by atoms with Crippen LogP contribution < -0.4 is 0 Å². The predicted molar refractivity (Wildman–Crippen MR) is 183 cm³/mol. The number of pyridine rings is 4. The van der Waals surface area contributed by atoms with Gasteiger partial charge in [-0.1, -0.05) is 66.7 Å². The molecule has 0 amide bonds. The quantitative estimate of drug-likeness (QED) is 0.190. The molecule has 7 heteroatoms. The van der Waals surface area contributed by atoms with Gasteiger partial charge in [-0.25, -0.2) is 24.9 Å². The molecule has 0 N–H and O–H groups in total. The topological polar surface area (TPSA) is 90.2 Å². The molecule has 0 aliphatic rings. The van der Waals surface area contributed by atoms with Gasteiger partial charge in [0.1, 0.15) is 18.3 Å². The zero-order valence-corrected chi connectivity index (χ0v) is 24.4. The molecule has 7 nitrogen and oxygen atoms in total. The maximum atomic E-state index is 5.02. The Kier molecular flexibility index (Phi) is 5.99. The smallest absolute Gasteiger partial charge is 0.181 e. The van der Waals surface area contributed by atoms with Crippen LogP contribution in [-0.4, -0.2) is 34.9 Å². The maximum Gasteiger partial charge on any atom is 0.181 e. The Morgan fingerprint density at radius 2 is 1.09 bits per heavy atom. The van der Waals surface area contributed by atoms with Crippen molar-refractivity contribution in [1.82, 2.24) is 34.9 Å². The first-order chi connectivity index (χ1) is 22.8. The van der Waals surface area contributed by atoms with E-state index in [-0.39, 0.29) is 0 Å². The first-order valence-corrected chi connectivity index (χ1v) is 14.9. The molecule has 46 heavy (non-hydrogen) atoms. The summed E-state index contributed by atoms with van der Waals surface area (Å²) in [6, 6.07) is 39.9. The minimum atomic E-state index is 0.557. The van der Waals surface area contributed by atoms with Gasteiger partial charge in [0.25, 0.3) is 0 Å². The lowest BCUT2D eigenvalue weighted by molar-refractivity contribution is 1.05. The molecule has 0 spiro atoms. The number of nitrogens with zero attached hydrogens (tertiary/aromatic N) is 7. The van der Waals surface area contributed by atoms with E-state index in [2.05, 4.69) is 116 Å². The molecule has 9 rings (SSSR count). The van der Waals surface area contributed by atoms with Gasteiger partial charge < -0.3 is 0 Å². The van der Waals surface area contributed by atoms with Crippen molar-refractivity contribution in [3.63, 3.8) is 0 Å². The Morgan fingerprint density at radius 3 is 1.98 bits per heavy atom. The second-order valence-electron chi connectivity index (χ2n) is 11.1. The number of aromatic nitrogens is 7. The summed E-state index contributed by atoms with van der Waals surface area (Å²) in [4.78, 5) is 31.5. The van der Waals surface area contributed by atoms with E-state index >= 15 is 0 Å². The van der Waals surface area contributed by atoms with Gasteiger partial charge in [0.15, 0.2) is 5.82 Å². The first kappa shape index (κ1) is 26.0. The van der Waals surface area contributed by atoms with Crippen LogP contribution in [0.15, 0.2) is 140 Å². The van der Waals surface area contributed by atoms with Crippen molar-refractivity contribution in [2.75, 3.05) is 0 Å². The Morgan fingerprint density at radius 1 is 0.413 bits per heavy atom. The SMILES string of the molecule is c1cnc2c(c1)cc(-c1ccc(-c3ccc4cc(-c5ccc6ccc(-c7ncncn7)nc6c5)ccc4n3)cc1)c1cccnc12. The van der Waals surface area contributed by atoms with Crippen LogP contribution in [0, 0.1) is 0 Å². The molecular weight excluding hydrogens is 566 g/mol. The van der Waals surface area contributed by atoms with Gasteiger partial charge in [-0.05, 0) is 70.8 Å². The minimum absolute atomic E-state index is 0.557. The highest BCUT2D eigenvalue weighted by atomic mass is 15.0. The number of hydrogen-bond acceptors (Lipinski definition) is 7. The molecule has 0 saturated carbocycles. The largest absolute Gasteiger partial charge is 0.254 e. The third kappa shape index (κ3) is 4.50. The highest BCUT2D eigenvalue weighted by molar-refractivity contribution is 6.10. The summed E-state index contributed by atoms with van der Waals surface area (Å²) in [6.07, 6.45) is 6.61. The van der Waals surface area contributed by atoms with Crippen molar-refractivity contribution < 1.29 is 0 Å². The van der Waals surface area contributed by atoms with E-state index in [1.165, 1.54) is 12.7 Å². The maximum absolute atomic E-state index is 5.02. The zero-order valence-electron chi connectivity index (χ0n) is 24.4. The fourth-order valence-corrected chi connectivity index (χ4v) is 6.09. The van der Waals surface area contributed by atoms with E-state index in [4.69, 9.17) is 9.97 Å². The van der Waals surface area contributed by atoms with E-state index in [1.54, 1.807) is 0 Å². The van der Waals surface area contributed by atoms with Crippen LogP contribution >= 0.6 is 0 Å². The normalized spacial score (nSPS) is 11.5. The van der Waals surface area contributed by atoms with Crippen molar-refractivity contribution in [1.29, 1.82) is 0 Å². The Balaban J connectivity index is 1.03. The van der Waals surface area contributed by atoms with Gasteiger partial charge in [0, 0.05) is 39.5 Å². The fourth-order valence-electron chi connectivity index (χ4n) is 6.09. The Hall–Kier alpha value is -6.47. The molecule has 4 aromatic carbocycles. The summed E-state index contributed by atoms with van der Waals surface area (Å²) in [6.45, 7) is 0. The van der Waals surface area contributed by atoms with Crippen molar-refractivity contribution in [3.05, 3.63) is 140 Å². The molecule has 0 bridgehead atoms. The second-order valence-corrected chi connectivity index (χ2v) is 11.1. The highest BCUT2D eigenvalue weighted by Crippen LogP contribution is 2.34. The summed E-state index contributed by atoms with van der Waals surface area (Å²) in [7, 11) is 0.